The van der Waals surface area contributed by atoms with E-state index in [4.69, 9.17) is 0 Å². The van der Waals surface area contributed by atoms with Crippen LogP contribution in [0, 0.1) is 13.8 Å². The van der Waals surface area contributed by atoms with E-state index in [0.717, 1.165) is 17.9 Å². The first kappa shape index (κ1) is 15.6. The van der Waals surface area contributed by atoms with Gasteiger partial charge in [-0.1, -0.05) is 6.92 Å². The molecule has 4 nitrogen and oxygen atoms in total. The zero-order valence-electron chi connectivity index (χ0n) is 12.9. The summed E-state index contributed by atoms with van der Waals surface area (Å²) in [4.78, 5) is 20.5. The fraction of sp³-hybridized carbons (Fsp3) is 0.600. The van der Waals surface area contributed by atoms with Crippen molar-refractivity contribution in [2.24, 2.45) is 0 Å². The minimum Gasteiger partial charge on any atom is -0.339 e. The zero-order chi connectivity index (χ0) is 14.6. The lowest BCUT2D eigenvalue weighted by Crippen LogP contribution is -2.43. The molecule has 0 spiro atoms. The van der Waals surface area contributed by atoms with E-state index in [1.165, 1.54) is 5.56 Å². The minimum absolute atomic E-state index is 0.0964. The molecule has 4 heteroatoms. The maximum atomic E-state index is 12.3. The summed E-state index contributed by atoms with van der Waals surface area (Å²) in [5.74, 6) is 0.130. The first-order valence-electron chi connectivity index (χ1n) is 6.74. The van der Waals surface area contributed by atoms with Gasteiger partial charge in [-0.05, 0) is 52.1 Å². The molecule has 0 fully saturated rings. The second-order valence-electron chi connectivity index (χ2n) is 5.22. The number of hydrogen-bond donors (Lipinski definition) is 0. The Morgan fingerprint density at radius 2 is 1.95 bits per heavy atom. The number of likely N-dealkylation sites (N-methyl/N-ethyl adjacent to an activating group) is 2. The third kappa shape index (κ3) is 4.31. The molecule has 0 aliphatic carbocycles. The molecule has 0 saturated heterocycles. The Morgan fingerprint density at radius 3 is 2.47 bits per heavy atom. The van der Waals surface area contributed by atoms with Crippen LogP contribution in [-0.2, 0) is 11.3 Å². The van der Waals surface area contributed by atoms with Crippen molar-refractivity contribution < 1.29 is 4.79 Å². The molecule has 0 saturated carbocycles. The molecule has 1 aromatic heterocycles. The van der Waals surface area contributed by atoms with Gasteiger partial charge in [0.05, 0.1) is 18.3 Å². The first-order valence-corrected chi connectivity index (χ1v) is 6.74. The normalized spacial score (nSPS) is 12.6. The van der Waals surface area contributed by atoms with Crippen LogP contribution in [0.3, 0.4) is 0 Å². The molecule has 1 amide bonds. The molecule has 1 rings (SSSR count). The van der Waals surface area contributed by atoms with Crippen molar-refractivity contribution in [2.75, 3.05) is 20.6 Å². The average molecular weight is 263 g/mol. The van der Waals surface area contributed by atoms with E-state index in [-0.39, 0.29) is 11.9 Å². The minimum atomic E-state index is -0.0964. The number of aromatic nitrogens is 1. The second kappa shape index (κ2) is 6.66. The molecule has 0 radical (unpaired) electrons. The van der Waals surface area contributed by atoms with E-state index in [1.807, 2.05) is 51.9 Å². The highest BCUT2D eigenvalue weighted by molar-refractivity contribution is 5.81. The standard InChI is InChI=1S/C15H25N3O/c1-7-17(5)13(4)15(19)18(6)10-14-9-11(2)8-12(3)16-14/h8-9,13H,7,10H2,1-6H3/t13-/m1/s1. The Labute approximate surface area is 116 Å². The maximum Gasteiger partial charge on any atom is 0.239 e. The topological polar surface area (TPSA) is 36.4 Å². The summed E-state index contributed by atoms with van der Waals surface area (Å²) in [6.45, 7) is 9.44. The van der Waals surface area contributed by atoms with Gasteiger partial charge >= 0.3 is 0 Å². The smallest absolute Gasteiger partial charge is 0.239 e. The molecule has 1 atom stereocenters. The number of hydrogen-bond acceptors (Lipinski definition) is 3. The van der Waals surface area contributed by atoms with E-state index in [2.05, 4.69) is 11.9 Å². The van der Waals surface area contributed by atoms with Gasteiger partial charge in [0.2, 0.25) is 5.91 Å². The molecule has 106 valence electrons. The highest BCUT2D eigenvalue weighted by atomic mass is 16.2. The lowest BCUT2D eigenvalue weighted by atomic mass is 10.2. The molecule has 0 aliphatic rings. The molecule has 0 N–H and O–H groups in total. The molecule has 19 heavy (non-hydrogen) atoms. The summed E-state index contributed by atoms with van der Waals surface area (Å²) in [6, 6.07) is 3.98. The molecule has 0 aromatic carbocycles. The summed E-state index contributed by atoms with van der Waals surface area (Å²) >= 11 is 0. The Kier molecular flexibility index (Phi) is 5.48. The van der Waals surface area contributed by atoms with Crippen LogP contribution >= 0.6 is 0 Å². The molecule has 0 aliphatic heterocycles. The summed E-state index contributed by atoms with van der Waals surface area (Å²) in [6.07, 6.45) is 0. The summed E-state index contributed by atoms with van der Waals surface area (Å²) < 4.78 is 0. The van der Waals surface area contributed by atoms with Gasteiger partial charge in [-0.25, -0.2) is 0 Å². The molecule has 1 aromatic rings. The molecular weight excluding hydrogens is 238 g/mol. The van der Waals surface area contributed by atoms with Gasteiger partial charge in [-0.3, -0.25) is 14.7 Å². The van der Waals surface area contributed by atoms with Gasteiger partial charge in [0.1, 0.15) is 0 Å². The van der Waals surface area contributed by atoms with Gasteiger partial charge in [0.15, 0.2) is 0 Å². The monoisotopic (exact) mass is 263 g/mol. The molecular formula is C15H25N3O. The van der Waals surface area contributed by atoms with E-state index < -0.39 is 0 Å². The predicted molar refractivity (Wildman–Crippen MR) is 78.0 cm³/mol. The van der Waals surface area contributed by atoms with Crippen LogP contribution in [0.25, 0.3) is 0 Å². The number of carbonyl (C=O) groups is 1. The lowest BCUT2D eigenvalue weighted by Gasteiger charge is -2.27. The predicted octanol–water partition coefficient (Wildman–Crippen LogP) is 2.00. The van der Waals surface area contributed by atoms with Gasteiger partial charge in [-0.2, -0.15) is 0 Å². The average Bonchev–Trinajstić information content (AvgIpc) is 2.34. The van der Waals surface area contributed by atoms with Crippen LogP contribution in [-0.4, -0.2) is 47.4 Å². The molecule has 0 bridgehead atoms. The summed E-state index contributed by atoms with van der Waals surface area (Å²) in [7, 11) is 3.80. The van der Waals surface area contributed by atoms with Crippen LogP contribution in [0.1, 0.15) is 30.8 Å². The maximum absolute atomic E-state index is 12.3. The van der Waals surface area contributed by atoms with Gasteiger partial charge in [0.25, 0.3) is 0 Å². The number of carbonyl (C=O) groups excluding carboxylic acids is 1. The third-order valence-electron chi connectivity index (χ3n) is 3.44. The first-order chi connectivity index (χ1) is 8.85. The summed E-state index contributed by atoms with van der Waals surface area (Å²) in [5, 5.41) is 0. The fourth-order valence-electron chi connectivity index (χ4n) is 2.11. The highest BCUT2D eigenvalue weighted by Crippen LogP contribution is 2.08. The largest absolute Gasteiger partial charge is 0.339 e. The SMILES string of the molecule is CCN(C)[C@H](C)C(=O)N(C)Cc1cc(C)cc(C)n1. The number of aryl methyl sites for hydroxylation is 2. The summed E-state index contributed by atoms with van der Waals surface area (Å²) in [5.41, 5.74) is 3.12. The number of nitrogens with zero attached hydrogens (tertiary/aromatic N) is 3. The van der Waals surface area contributed by atoms with Crippen LogP contribution in [0.15, 0.2) is 12.1 Å². The van der Waals surface area contributed by atoms with Crippen molar-refractivity contribution in [3.05, 3.63) is 29.1 Å². The van der Waals surface area contributed by atoms with E-state index >= 15 is 0 Å². The Hall–Kier alpha value is -1.42. The quantitative estimate of drug-likeness (QED) is 0.815. The number of pyridine rings is 1. The van der Waals surface area contributed by atoms with Crippen LogP contribution in [0.5, 0.6) is 0 Å². The van der Waals surface area contributed by atoms with Crippen LogP contribution < -0.4 is 0 Å². The van der Waals surface area contributed by atoms with Crippen molar-refractivity contribution in [3.63, 3.8) is 0 Å². The second-order valence-corrected chi connectivity index (χ2v) is 5.22. The third-order valence-corrected chi connectivity index (χ3v) is 3.44. The van der Waals surface area contributed by atoms with Crippen LogP contribution in [0.2, 0.25) is 0 Å². The van der Waals surface area contributed by atoms with Crippen molar-refractivity contribution in [2.45, 2.75) is 40.3 Å². The Bertz CT molecular complexity index is 425. The Morgan fingerprint density at radius 1 is 1.32 bits per heavy atom. The number of amides is 1. The zero-order valence-corrected chi connectivity index (χ0v) is 12.9. The van der Waals surface area contributed by atoms with Crippen molar-refractivity contribution in [3.8, 4) is 0 Å². The Balaban J connectivity index is 2.73. The van der Waals surface area contributed by atoms with Gasteiger partial charge in [-0.15, -0.1) is 0 Å². The van der Waals surface area contributed by atoms with Gasteiger partial charge in [0, 0.05) is 12.7 Å². The van der Waals surface area contributed by atoms with Crippen molar-refractivity contribution in [1.82, 2.24) is 14.8 Å². The van der Waals surface area contributed by atoms with E-state index in [0.29, 0.717) is 6.54 Å². The molecule has 1 heterocycles. The molecule has 0 unspecified atom stereocenters. The van der Waals surface area contributed by atoms with E-state index in [1.54, 1.807) is 4.90 Å². The van der Waals surface area contributed by atoms with E-state index in [9.17, 15) is 4.79 Å². The fourth-order valence-corrected chi connectivity index (χ4v) is 2.11. The number of rotatable bonds is 5. The van der Waals surface area contributed by atoms with Crippen LogP contribution in [0.4, 0.5) is 0 Å². The van der Waals surface area contributed by atoms with Crippen molar-refractivity contribution >= 4 is 5.91 Å². The van der Waals surface area contributed by atoms with Crippen molar-refractivity contribution in [1.29, 1.82) is 0 Å². The lowest BCUT2D eigenvalue weighted by molar-refractivity contribution is -0.135. The van der Waals surface area contributed by atoms with Gasteiger partial charge < -0.3 is 4.90 Å². The highest BCUT2D eigenvalue weighted by Gasteiger charge is 2.20.